The first-order chi connectivity index (χ1) is 8.91. The average Bonchev–Trinajstić information content (AvgIpc) is 2.34. The topological polar surface area (TPSA) is 43.8 Å². The van der Waals surface area contributed by atoms with Crippen LogP contribution in [0.2, 0.25) is 0 Å². The molecule has 0 radical (unpaired) electrons. The van der Waals surface area contributed by atoms with Gasteiger partial charge in [0.25, 0.3) is 0 Å². The van der Waals surface area contributed by atoms with E-state index >= 15 is 0 Å². The van der Waals surface area contributed by atoms with Gasteiger partial charge in [-0.15, -0.1) is 0 Å². The minimum atomic E-state index is -1.22. The summed E-state index contributed by atoms with van der Waals surface area (Å²) in [6, 6.07) is 5.03. The van der Waals surface area contributed by atoms with Crippen molar-refractivity contribution in [3.05, 3.63) is 29.6 Å². The van der Waals surface area contributed by atoms with Crippen molar-refractivity contribution in [2.24, 2.45) is 0 Å². The second-order valence-electron chi connectivity index (χ2n) is 5.21. The summed E-state index contributed by atoms with van der Waals surface area (Å²) in [6.07, 6.45) is 0. The number of carbonyl (C=O) groups is 1. The number of carboxylic acids is 1. The van der Waals surface area contributed by atoms with E-state index in [2.05, 4.69) is 25.8 Å². The Morgan fingerprint density at radius 2 is 1.89 bits per heavy atom. The molecule has 1 aliphatic rings. The molecule has 2 rings (SSSR count). The molecule has 1 aromatic carbocycles. The Balaban J connectivity index is 2.37. The highest BCUT2D eigenvalue weighted by atomic mass is 19.1. The summed E-state index contributed by atoms with van der Waals surface area (Å²) in [4.78, 5) is 15.4. The van der Waals surface area contributed by atoms with Gasteiger partial charge in [-0.2, -0.15) is 0 Å². The number of nitrogens with zero attached hydrogens (tertiary/aromatic N) is 2. The lowest BCUT2D eigenvalue weighted by Gasteiger charge is -2.43. The number of halogens is 1. The molecule has 1 aromatic rings. The summed E-state index contributed by atoms with van der Waals surface area (Å²) in [5.41, 5.74) is 0.241. The summed E-state index contributed by atoms with van der Waals surface area (Å²) >= 11 is 0. The molecule has 104 valence electrons. The molecule has 0 bridgehead atoms. The Morgan fingerprint density at radius 3 is 2.42 bits per heavy atom. The Kier molecular flexibility index (Phi) is 3.75. The van der Waals surface area contributed by atoms with Crippen molar-refractivity contribution < 1.29 is 14.3 Å². The SMILES string of the molecule is CC1CN(c2cccc(F)c2C(=O)O)CC(C)N1C. The number of benzene rings is 1. The monoisotopic (exact) mass is 266 g/mol. The predicted molar refractivity (Wildman–Crippen MR) is 72.3 cm³/mol. The molecule has 1 N–H and O–H groups in total. The van der Waals surface area contributed by atoms with E-state index in [1.807, 2.05) is 4.90 Å². The molecule has 19 heavy (non-hydrogen) atoms. The van der Waals surface area contributed by atoms with Gasteiger partial charge in [0, 0.05) is 25.2 Å². The Labute approximate surface area is 112 Å². The fraction of sp³-hybridized carbons (Fsp3) is 0.500. The van der Waals surface area contributed by atoms with Crippen molar-refractivity contribution in [3.63, 3.8) is 0 Å². The highest BCUT2D eigenvalue weighted by Crippen LogP contribution is 2.27. The van der Waals surface area contributed by atoms with E-state index in [1.54, 1.807) is 12.1 Å². The van der Waals surface area contributed by atoms with Crippen molar-refractivity contribution in [2.45, 2.75) is 25.9 Å². The van der Waals surface area contributed by atoms with Gasteiger partial charge in [0.05, 0.1) is 5.69 Å². The van der Waals surface area contributed by atoms with Crippen LogP contribution < -0.4 is 4.90 Å². The molecule has 1 heterocycles. The number of hydrogen-bond donors (Lipinski definition) is 1. The first-order valence-electron chi connectivity index (χ1n) is 6.40. The zero-order valence-corrected chi connectivity index (χ0v) is 11.4. The summed E-state index contributed by atoms with van der Waals surface area (Å²) < 4.78 is 13.7. The number of likely N-dealkylation sites (N-methyl/N-ethyl adjacent to an activating group) is 1. The molecule has 0 aromatic heterocycles. The third-order valence-corrected chi connectivity index (χ3v) is 3.91. The molecule has 1 aliphatic heterocycles. The molecule has 0 amide bonds. The summed E-state index contributed by atoms with van der Waals surface area (Å²) in [7, 11) is 2.05. The lowest BCUT2D eigenvalue weighted by atomic mass is 10.1. The van der Waals surface area contributed by atoms with Crippen LogP contribution >= 0.6 is 0 Å². The van der Waals surface area contributed by atoms with Gasteiger partial charge in [0.2, 0.25) is 0 Å². The number of anilines is 1. The molecule has 1 fully saturated rings. The minimum Gasteiger partial charge on any atom is -0.478 e. The van der Waals surface area contributed by atoms with E-state index in [9.17, 15) is 14.3 Å². The van der Waals surface area contributed by atoms with Gasteiger partial charge in [-0.1, -0.05) is 6.07 Å². The Bertz CT molecular complexity index is 480. The highest BCUT2D eigenvalue weighted by Gasteiger charge is 2.29. The van der Waals surface area contributed by atoms with Crippen LogP contribution in [0.25, 0.3) is 0 Å². The first kappa shape index (κ1) is 13.8. The zero-order valence-electron chi connectivity index (χ0n) is 11.4. The van der Waals surface area contributed by atoms with Crippen LogP contribution in [0.4, 0.5) is 10.1 Å². The predicted octanol–water partition coefficient (Wildman–Crippen LogP) is 2.05. The van der Waals surface area contributed by atoms with Gasteiger partial charge in [-0.25, -0.2) is 9.18 Å². The molecular weight excluding hydrogens is 247 g/mol. The van der Waals surface area contributed by atoms with Crippen LogP contribution in [0.1, 0.15) is 24.2 Å². The number of hydrogen-bond acceptors (Lipinski definition) is 3. The summed E-state index contributed by atoms with van der Waals surface area (Å²) in [5, 5.41) is 9.18. The molecule has 0 aliphatic carbocycles. The molecule has 4 nitrogen and oxygen atoms in total. The van der Waals surface area contributed by atoms with E-state index in [0.29, 0.717) is 30.9 Å². The van der Waals surface area contributed by atoms with Gasteiger partial charge in [0.15, 0.2) is 0 Å². The molecule has 2 unspecified atom stereocenters. The second-order valence-corrected chi connectivity index (χ2v) is 5.21. The lowest BCUT2D eigenvalue weighted by molar-refractivity contribution is 0.0692. The number of piperazine rings is 1. The zero-order chi connectivity index (χ0) is 14.2. The van der Waals surface area contributed by atoms with Crippen LogP contribution in [-0.4, -0.2) is 48.2 Å². The van der Waals surface area contributed by atoms with Crippen LogP contribution in [0, 0.1) is 5.82 Å². The molecule has 5 heteroatoms. The van der Waals surface area contributed by atoms with E-state index in [0.717, 1.165) is 0 Å². The van der Waals surface area contributed by atoms with E-state index in [-0.39, 0.29) is 5.56 Å². The number of rotatable bonds is 2. The van der Waals surface area contributed by atoms with Gasteiger partial charge in [-0.05, 0) is 33.0 Å². The third-order valence-electron chi connectivity index (χ3n) is 3.91. The minimum absolute atomic E-state index is 0.230. The van der Waals surface area contributed by atoms with Crippen molar-refractivity contribution in [2.75, 3.05) is 25.0 Å². The molecule has 1 saturated heterocycles. The lowest BCUT2D eigenvalue weighted by Crippen LogP contribution is -2.55. The van der Waals surface area contributed by atoms with Gasteiger partial charge < -0.3 is 10.0 Å². The molecule has 2 atom stereocenters. The number of carboxylic acid groups (broad SMARTS) is 1. The fourth-order valence-electron chi connectivity index (χ4n) is 2.59. The smallest absolute Gasteiger partial charge is 0.340 e. The summed E-state index contributed by atoms with van der Waals surface area (Å²) in [5.74, 6) is -1.89. The standard InChI is InChI=1S/C14H19FN2O2/c1-9-7-17(8-10(2)16(9)3)12-6-4-5-11(15)13(12)14(18)19/h4-6,9-10H,7-8H2,1-3H3,(H,18,19). The quantitative estimate of drug-likeness (QED) is 0.889. The maximum absolute atomic E-state index is 13.7. The highest BCUT2D eigenvalue weighted by molar-refractivity contribution is 5.94. The van der Waals surface area contributed by atoms with Gasteiger partial charge in [0.1, 0.15) is 11.4 Å². The fourth-order valence-corrected chi connectivity index (χ4v) is 2.59. The van der Waals surface area contributed by atoms with E-state index in [1.165, 1.54) is 6.07 Å². The van der Waals surface area contributed by atoms with E-state index < -0.39 is 11.8 Å². The molecular formula is C14H19FN2O2. The summed E-state index contributed by atoms with van der Waals surface area (Å²) in [6.45, 7) is 5.57. The van der Waals surface area contributed by atoms with Crippen molar-refractivity contribution in [1.82, 2.24) is 4.90 Å². The van der Waals surface area contributed by atoms with Crippen molar-refractivity contribution in [1.29, 1.82) is 0 Å². The maximum Gasteiger partial charge on any atom is 0.340 e. The Hall–Kier alpha value is -1.62. The van der Waals surface area contributed by atoms with Crippen molar-refractivity contribution >= 4 is 11.7 Å². The van der Waals surface area contributed by atoms with Crippen LogP contribution in [0.5, 0.6) is 0 Å². The maximum atomic E-state index is 13.7. The number of aromatic carboxylic acids is 1. The van der Waals surface area contributed by atoms with Crippen LogP contribution in [0.3, 0.4) is 0 Å². The first-order valence-corrected chi connectivity index (χ1v) is 6.40. The second kappa shape index (κ2) is 5.17. The Morgan fingerprint density at radius 1 is 1.32 bits per heavy atom. The van der Waals surface area contributed by atoms with Crippen LogP contribution in [-0.2, 0) is 0 Å². The molecule has 0 spiro atoms. The largest absolute Gasteiger partial charge is 0.478 e. The van der Waals surface area contributed by atoms with Gasteiger partial charge >= 0.3 is 5.97 Å². The average molecular weight is 266 g/mol. The van der Waals surface area contributed by atoms with Gasteiger partial charge in [-0.3, -0.25) is 4.90 Å². The normalized spacial score (nSPS) is 24.5. The van der Waals surface area contributed by atoms with Crippen LogP contribution in [0.15, 0.2) is 18.2 Å². The molecule has 0 saturated carbocycles. The van der Waals surface area contributed by atoms with E-state index in [4.69, 9.17) is 0 Å². The third kappa shape index (κ3) is 2.56. The van der Waals surface area contributed by atoms with Crippen molar-refractivity contribution in [3.8, 4) is 0 Å².